The van der Waals surface area contributed by atoms with Gasteiger partial charge in [0.05, 0.1) is 4.99 Å². The van der Waals surface area contributed by atoms with Crippen LogP contribution in [-0.2, 0) is 6.54 Å². The predicted octanol–water partition coefficient (Wildman–Crippen LogP) is 3.15. The first-order valence-corrected chi connectivity index (χ1v) is 7.11. The van der Waals surface area contributed by atoms with Crippen LogP contribution in [0.2, 0.25) is 5.02 Å². The third-order valence-corrected chi connectivity index (χ3v) is 4.20. The van der Waals surface area contributed by atoms with Crippen molar-refractivity contribution >= 4 is 28.8 Å². The van der Waals surface area contributed by atoms with E-state index in [-0.39, 0.29) is 0 Å². The predicted molar refractivity (Wildman–Crippen MR) is 81.0 cm³/mol. The second kappa shape index (κ2) is 6.00. The highest BCUT2D eigenvalue weighted by molar-refractivity contribution is 7.80. The fraction of sp³-hybridized carbons (Fsp3) is 0.500. The van der Waals surface area contributed by atoms with Gasteiger partial charge in [-0.1, -0.05) is 36.0 Å². The summed E-state index contributed by atoms with van der Waals surface area (Å²) in [5.74, 6) is 0.359. The molecule has 1 unspecified atom stereocenters. The van der Waals surface area contributed by atoms with Gasteiger partial charge in [0.25, 0.3) is 0 Å². The number of piperidine rings is 1. The summed E-state index contributed by atoms with van der Waals surface area (Å²) in [7, 11) is 0. The molecule has 1 saturated heterocycles. The lowest BCUT2D eigenvalue weighted by Gasteiger charge is -2.32. The van der Waals surface area contributed by atoms with Crippen LogP contribution in [0.25, 0.3) is 0 Å². The molecule has 0 bridgehead atoms. The van der Waals surface area contributed by atoms with Gasteiger partial charge in [0.2, 0.25) is 0 Å². The van der Waals surface area contributed by atoms with Gasteiger partial charge in [-0.2, -0.15) is 0 Å². The Morgan fingerprint density at radius 1 is 1.56 bits per heavy atom. The number of benzene rings is 1. The molecular formula is C14H19ClN2S. The van der Waals surface area contributed by atoms with Crippen LogP contribution in [0, 0.1) is 12.8 Å². The fourth-order valence-corrected chi connectivity index (χ4v) is 2.94. The molecule has 0 saturated carbocycles. The topological polar surface area (TPSA) is 29.3 Å². The fourth-order valence-electron chi connectivity index (χ4n) is 2.45. The molecule has 2 N–H and O–H groups in total. The van der Waals surface area contributed by atoms with Gasteiger partial charge in [-0.25, -0.2) is 0 Å². The van der Waals surface area contributed by atoms with Gasteiger partial charge >= 0.3 is 0 Å². The Morgan fingerprint density at radius 3 is 3.00 bits per heavy atom. The molecule has 1 aliphatic heterocycles. The Bertz CT molecular complexity index is 447. The molecule has 2 rings (SSSR count). The van der Waals surface area contributed by atoms with Gasteiger partial charge in [-0.15, -0.1) is 0 Å². The minimum atomic E-state index is 0.359. The van der Waals surface area contributed by atoms with Gasteiger partial charge in [-0.3, -0.25) is 4.90 Å². The number of thiocarbonyl (C=S) groups is 1. The minimum Gasteiger partial charge on any atom is -0.393 e. The van der Waals surface area contributed by atoms with E-state index in [0.717, 1.165) is 37.5 Å². The number of halogens is 1. The minimum absolute atomic E-state index is 0.359. The second-order valence-electron chi connectivity index (χ2n) is 5.07. The Hall–Kier alpha value is -0.640. The van der Waals surface area contributed by atoms with Crippen LogP contribution >= 0.6 is 23.8 Å². The van der Waals surface area contributed by atoms with Crippen LogP contribution < -0.4 is 5.73 Å². The molecule has 2 nitrogen and oxygen atoms in total. The van der Waals surface area contributed by atoms with Crippen molar-refractivity contribution in [3.63, 3.8) is 0 Å². The highest BCUT2D eigenvalue weighted by Gasteiger charge is 2.22. The zero-order valence-corrected chi connectivity index (χ0v) is 12.2. The smallest absolute Gasteiger partial charge is 0.0771 e. The third kappa shape index (κ3) is 3.44. The average molecular weight is 283 g/mol. The van der Waals surface area contributed by atoms with Crippen LogP contribution in [0.3, 0.4) is 0 Å². The number of hydrogen-bond donors (Lipinski definition) is 1. The lowest BCUT2D eigenvalue weighted by atomic mass is 9.97. The molecular weight excluding hydrogens is 264 g/mol. The maximum atomic E-state index is 6.27. The zero-order chi connectivity index (χ0) is 13.1. The van der Waals surface area contributed by atoms with E-state index in [1.54, 1.807) is 0 Å². The average Bonchev–Trinajstić information content (AvgIpc) is 2.33. The van der Waals surface area contributed by atoms with E-state index < -0.39 is 0 Å². The van der Waals surface area contributed by atoms with Gasteiger partial charge < -0.3 is 5.73 Å². The molecule has 0 radical (unpaired) electrons. The van der Waals surface area contributed by atoms with E-state index in [1.807, 2.05) is 6.07 Å². The Kier molecular flexibility index (Phi) is 4.60. The number of likely N-dealkylation sites (tertiary alicyclic amines) is 1. The molecule has 1 aromatic rings. The van der Waals surface area contributed by atoms with E-state index in [2.05, 4.69) is 24.0 Å². The number of aryl methyl sites for hydroxylation is 1. The summed E-state index contributed by atoms with van der Waals surface area (Å²) < 4.78 is 0. The van der Waals surface area contributed by atoms with Crippen LogP contribution in [0.1, 0.15) is 24.0 Å². The van der Waals surface area contributed by atoms with Crippen molar-refractivity contribution in [2.45, 2.75) is 26.3 Å². The van der Waals surface area contributed by atoms with Gasteiger partial charge in [0, 0.05) is 24.0 Å². The molecule has 1 heterocycles. The first-order valence-electron chi connectivity index (χ1n) is 6.33. The second-order valence-corrected chi connectivity index (χ2v) is 5.95. The lowest BCUT2D eigenvalue weighted by Crippen LogP contribution is -2.40. The van der Waals surface area contributed by atoms with Crippen molar-refractivity contribution in [1.29, 1.82) is 0 Å². The summed E-state index contributed by atoms with van der Waals surface area (Å²) in [5.41, 5.74) is 8.13. The quantitative estimate of drug-likeness (QED) is 0.864. The SMILES string of the molecule is Cc1ccc(CN2CCCC(C(N)=S)C2)c(Cl)c1. The Balaban J connectivity index is 2.02. The number of hydrogen-bond acceptors (Lipinski definition) is 2. The molecule has 0 amide bonds. The van der Waals surface area contributed by atoms with E-state index in [1.165, 1.54) is 11.1 Å². The summed E-state index contributed by atoms with van der Waals surface area (Å²) in [6.07, 6.45) is 2.28. The van der Waals surface area contributed by atoms with Gasteiger partial charge in [-0.05, 0) is 43.5 Å². The number of rotatable bonds is 3. The molecule has 1 aromatic carbocycles. The first kappa shape index (κ1) is 13.8. The summed E-state index contributed by atoms with van der Waals surface area (Å²) >= 11 is 11.4. The molecule has 1 atom stereocenters. The van der Waals surface area contributed by atoms with Crippen molar-refractivity contribution in [1.82, 2.24) is 4.90 Å². The molecule has 98 valence electrons. The highest BCUT2D eigenvalue weighted by atomic mass is 35.5. The molecule has 1 aliphatic rings. The van der Waals surface area contributed by atoms with Crippen LogP contribution in [0.5, 0.6) is 0 Å². The van der Waals surface area contributed by atoms with E-state index in [0.29, 0.717) is 10.9 Å². The van der Waals surface area contributed by atoms with E-state index in [9.17, 15) is 0 Å². The normalized spacial score (nSPS) is 20.9. The van der Waals surface area contributed by atoms with Crippen molar-refractivity contribution in [3.8, 4) is 0 Å². The van der Waals surface area contributed by atoms with Crippen LogP contribution in [0.4, 0.5) is 0 Å². The van der Waals surface area contributed by atoms with Crippen LogP contribution in [-0.4, -0.2) is 23.0 Å². The molecule has 0 aromatic heterocycles. The van der Waals surface area contributed by atoms with Gasteiger partial charge in [0.15, 0.2) is 0 Å². The standard InChI is InChI=1S/C14H19ClN2S/c1-10-4-5-11(13(15)7-10)8-17-6-2-3-12(9-17)14(16)18/h4-5,7,12H,2-3,6,8-9H2,1H3,(H2,16,18). The summed E-state index contributed by atoms with van der Waals surface area (Å²) in [6.45, 7) is 5.00. The lowest BCUT2D eigenvalue weighted by molar-refractivity contribution is 0.197. The largest absolute Gasteiger partial charge is 0.393 e. The zero-order valence-electron chi connectivity index (χ0n) is 10.7. The van der Waals surface area contributed by atoms with Crippen molar-refractivity contribution in [2.24, 2.45) is 11.7 Å². The molecule has 1 fully saturated rings. The number of nitrogens with zero attached hydrogens (tertiary/aromatic N) is 1. The molecule has 0 aliphatic carbocycles. The Morgan fingerprint density at radius 2 is 2.33 bits per heavy atom. The maximum absolute atomic E-state index is 6.27. The monoisotopic (exact) mass is 282 g/mol. The number of nitrogens with two attached hydrogens (primary N) is 1. The summed E-state index contributed by atoms with van der Waals surface area (Å²) in [4.78, 5) is 3.04. The van der Waals surface area contributed by atoms with Crippen LogP contribution in [0.15, 0.2) is 18.2 Å². The highest BCUT2D eigenvalue weighted by Crippen LogP contribution is 2.23. The Labute approximate surface area is 119 Å². The van der Waals surface area contributed by atoms with Crippen molar-refractivity contribution in [3.05, 3.63) is 34.3 Å². The summed E-state index contributed by atoms with van der Waals surface area (Å²) in [6, 6.07) is 6.24. The van der Waals surface area contributed by atoms with E-state index in [4.69, 9.17) is 29.6 Å². The summed E-state index contributed by atoms with van der Waals surface area (Å²) in [5, 5.41) is 0.854. The molecule has 4 heteroatoms. The molecule has 0 spiro atoms. The van der Waals surface area contributed by atoms with Crippen molar-refractivity contribution < 1.29 is 0 Å². The van der Waals surface area contributed by atoms with Gasteiger partial charge in [0.1, 0.15) is 0 Å². The first-order chi connectivity index (χ1) is 8.56. The molecule has 18 heavy (non-hydrogen) atoms. The van der Waals surface area contributed by atoms with Crippen molar-refractivity contribution in [2.75, 3.05) is 13.1 Å². The third-order valence-electron chi connectivity index (χ3n) is 3.51. The van der Waals surface area contributed by atoms with E-state index >= 15 is 0 Å². The maximum Gasteiger partial charge on any atom is 0.0771 e.